The molecule has 0 aliphatic carbocycles. The second kappa shape index (κ2) is 11.9. The number of Topliss-reactive ketones (excluding diaryl/α,β-unsaturated/α-hetero) is 3. The maximum Gasteiger partial charge on any atom is 0.911 e. The van der Waals surface area contributed by atoms with Crippen molar-refractivity contribution in [1.82, 2.24) is 0 Å². The van der Waals surface area contributed by atoms with Crippen molar-refractivity contribution in [3.8, 4) is 0 Å². The fourth-order valence-electron chi connectivity index (χ4n) is 4.74. The van der Waals surface area contributed by atoms with Crippen LogP contribution in [-0.2, 0) is 51.3 Å². The minimum Gasteiger partial charge on any atom is -0.428 e. The molecule has 12 nitrogen and oxygen atoms in total. The minimum absolute atomic E-state index is 0.00954. The van der Waals surface area contributed by atoms with Crippen LogP contribution in [0.3, 0.4) is 0 Å². The van der Waals surface area contributed by atoms with Gasteiger partial charge in [-0.2, -0.15) is 0 Å². The van der Waals surface area contributed by atoms with Crippen LogP contribution in [0.15, 0.2) is 0 Å². The van der Waals surface area contributed by atoms with Crippen molar-refractivity contribution in [2.24, 2.45) is 0 Å². The van der Waals surface area contributed by atoms with Crippen LogP contribution in [0.1, 0.15) is 102 Å². The molecular formula is C24H42Al2O12. The summed E-state index contributed by atoms with van der Waals surface area (Å²) in [6, 6.07) is 0. The molecule has 0 aromatic heterocycles. The van der Waals surface area contributed by atoms with Crippen LogP contribution >= 0.6 is 0 Å². The molecule has 0 spiro atoms. The summed E-state index contributed by atoms with van der Waals surface area (Å²) in [7, 11) is 0. The van der Waals surface area contributed by atoms with Crippen LogP contribution in [0.5, 0.6) is 0 Å². The molecule has 14 heteroatoms. The zero-order chi connectivity index (χ0) is 29.4. The van der Waals surface area contributed by atoms with Gasteiger partial charge in [0.2, 0.25) is 0 Å². The topological polar surface area (TPSA) is 134 Å². The Kier molecular flexibility index (Phi) is 10.6. The quantitative estimate of drug-likeness (QED) is 0.249. The molecule has 2 fully saturated rings. The first kappa shape index (κ1) is 33.9. The van der Waals surface area contributed by atoms with E-state index in [1.54, 1.807) is 62.3 Å². The third-order valence-corrected chi connectivity index (χ3v) is 9.63. The van der Waals surface area contributed by atoms with E-state index in [9.17, 15) is 14.4 Å². The van der Waals surface area contributed by atoms with Gasteiger partial charge in [0.25, 0.3) is 0 Å². The first-order valence-electron chi connectivity index (χ1n) is 12.6. The largest absolute Gasteiger partial charge is 0.911 e. The molecule has 2 saturated heterocycles. The molecule has 38 heavy (non-hydrogen) atoms. The predicted octanol–water partition coefficient (Wildman–Crippen LogP) is 3.43. The molecule has 3 atom stereocenters. The van der Waals surface area contributed by atoms with E-state index in [2.05, 4.69) is 0 Å². The van der Waals surface area contributed by atoms with Gasteiger partial charge >= 0.3 is 30.3 Å². The van der Waals surface area contributed by atoms with Gasteiger partial charge in [0.05, 0.1) is 19.3 Å². The molecule has 0 aromatic rings. The predicted molar refractivity (Wildman–Crippen MR) is 135 cm³/mol. The number of hydrogen-bond donors (Lipinski definition) is 0. The second-order valence-electron chi connectivity index (χ2n) is 11.8. The highest BCUT2D eigenvalue weighted by Crippen LogP contribution is 2.38. The summed E-state index contributed by atoms with van der Waals surface area (Å²) in [5.41, 5.74) is 0. The summed E-state index contributed by atoms with van der Waals surface area (Å²) in [6.45, 7) is 19.2. The monoisotopic (exact) mass is 576 g/mol. The van der Waals surface area contributed by atoms with Crippen LogP contribution in [0, 0.1) is 0 Å². The Labute approximate surface area is 235 Å². The zero-order valence-corrected chi connectivity index (χ0v) is 27.0. The second-order valence-corrected chi connectivity index (χ2v) is 14.4. The maximum atomic E-state index is 12.2. The van der Waals surface area contributed by atoms with Crippen LogP contribution in [0.2, 0.25) is 0 Å². The third kappa shape index (κ3) is 10.9. The first-order chi connectivity index (χ1) is 16.9. The minimum atomic E-state index is -3.03. The van der Waals surface area contributed by atoms with E-state index >= 15 is 0 Å². The molecule has 3 unspecified atom stereocenters. The molecule has 2 aliphatic heterocycles. The lowest BCUT2D eigenvalue weighted by Crippen LogP contribution is -2.61. The first-order valence-corrected chi connectivity index (χ1v) is 15.4. The molecule has 0 bridgehead atoms. The average Bonchev–Trinajstić information content (AvgIpc) is 2.52. The Hall–Kier alpha value is -0.285. The molecule has 0 amide bonds. The fraction of sp³-hybridized carbons (Fsp3) is 0.875. The number of ether oxygens (including phenoxy) is 3. The molecule has 0 radical (unpaired) electrons. The molecular weight excluding hydrogens is 534 g/mol. The van der Waals surface area contributed by atoms with Gasteiger partial charge in [0, 0.05) is 0 Å². The smallest absolute Gasteiger partial charge is 0.428 e. The van der Waals surface area contributed by atoms with Crippen molar-refractivity contribution in [3.63, 3.8) is 0 Å². The van der Waals surface area contributed by atoms with Gasteiger partial charge in [-0.3, -0.25) is 14.4 Å². The van der Waals surface area contributed by atoms with Crippen molar-refractivity contribution in [2.75, 3.05) is 0 Å². The summed E-state index contributed by atoms with van der Waals surface area (Å²) in [6.07, 6.45) is -0.145. The average molecular weight is 577 g/mol. The Morgan fingerprint density at radius 1 is 0.658 bits per heavy atom. The van der Waals surface area contributed by atoms with Crippen molar-refractivity contribution in [1.29, 1.82) is 0 Å². The normalized spacial score (nSPS) is 29.1. The maximum absolute atomic E-state index is 12.2. The van der Waals surface area contributed by atoms with E-state index in [1.807, 2.05) is 0 Å². The van der Waals surface area contributed by atoms with Crippen molar-refractivity contribution < 1.29 is 51.3 Å². The highest BCUT2D eigenvalue weighted by Gasteiger charge is 2.58. The van der Waals surface area contributed by atoms with Gasteiger partial charge in [-0.1, -0.05) is 0 Å². The molecule has 2 aliphatic rings. The summed E-state index contributed by atoms with van der Waals surface area (Å²) < 4.78 is 54.1. The number of hydrogen-bond acceptors (Lipinski definition) is 12. The number of carbonyl (C=O) groups excluding carboxylic acids is 3. The van der Waals surface area contributed by atoms with E-state index < -0.39 is 65.0 Å². The molecule has 0 aromatic carbocycles. The van der Waals surface area contributed by atoms with E-state index in [0.717, 1.165) is 0 Å². The summed E-state index contributed by atoms with van der Waals surface area (Å²) >= 11 is -5.97. The Bertz CT molecular complexity index is 909. The van der Waals surface area contributed by atoms with Gasteiger partial charge in [-0.05, 0) is 83.1 Å². The van der Waals surface area contributed by atoms with Crippen LogP contribution in [0.25, 0.3) is 0 Å². The third-order valence-electron chi connectivity index (χ3n) is 5.27. The standard InChI is InChI=1S/3C8H14O4.2Al/c3*1-6(9)5-8(4,11)12-7(2,3)10;;/h3*5H2,1-4H3;;/q3*-2;2*+3. The summed E-state index contributed by atoms with van der Waals surface area (Å²) in [4.78, 5) is 35.9. The molecule has 2 rings (SSSR count). The fourth-order valence-corrected chi connectivity index (χ4v) is 8.18. The van der Waals surface area contributed by atoms with E-state index in [0.29, 0.717) is 0 Å². The van der Waals surface area contributed by atoms with Gasteiger partial charge in [0.1, 0.15) is 34.7 Å². The van der Waals surface area contributed by atoms with Gasteiger partial charge in [-0.15, -0.1) is 0 Å². The van der Waals surface area contributed by atoms with Gasteiger partial charge in [0.15, 0.2) is 17.4 Å². The van der Waals surface area contributed by atoms with Crippen LogP contribution in [-0.4, -0.2) is 82.4 Å². The van der Waals surface area contributed by atoms with E-state index in [1.165, 1.54) is 20.8 Å². The zero-order valence-electron chi connectivity index (χ0n) is 24.7. The number of rotatable bonds is 12. The molecule has 0 saturated carbocycles. The summed E-state index contributed by atoms with van der Waals surface area (Å²) in [5.74, 6) is -8.03. The lowest BCUT2D eigenvalue weighted by Gasteiger charge is -2.48. The lowest BCUT2D eigenvalue weighted by atomic mass is 10.1. The van der Waals surface area contributed by atoms with E-state index in [-0.39, 0.29) is 36.6 Å². The Morgan fingerprint density at radius 3 is 1.42 bits per heavy atom. The van der Waals surface area contributed by atoms with Crippen LogP contribution < -0.4 is 0 Å². The van der Waals surface area contributed by atoms with Crippen molar-refractivity contribution in [2.45, 2.75) is 137 Å². The number of carbonyl (C=O) groups is 3. The van der Waals surface area contributed by atoms with Gasteiger partial charge < -0.3 is 36.9 Å². The van der Waals surface area contributed by atoms with Crippen molar-refractivity contribution >= 4 is 47.6 Å². The van der Waals surface area contributed by atoms with Crippen LogP contribution in [0.4, 0.5) is 0 Å². The highest BCUT2D eigenvalue weighted by molar-refractivity contribution is 6.37. The summed E-state index contributed by atoms with van der Waals surface area (Å²) in [5, 5.41) is 0. The molecule has 0 N–H and O–H groups in total. The van der Waals surface area contributed by atoms with E-state index in [4.69, 9.17) is 36.9 Å². The van der Waals surface area contributed by atoms with Crippen molar-refractivity contribution in [3.05, 3.63) is 0 Å². The SMILES string of the molecule is CC(=O)CC1(C)[O][Al]([O]C(C)(C)OC(C)(CC(C)=O)[O][Al]2[O]C(C)(C)OC(C)(CC(C)=O)[O]2)[O]C(C)(C)O1. The lowest BCUT2D eigenvalue weighted by molar-refractivity contribution is -0.373. The molecule has 216 valence electrons. The highest BCUT2D eigenvalue weighted by atomic mass is 27.3. The Morgan fingerprint density at radius 2 is 1.05 bits per heavy atom. The Balaban J connectivity index is 2.24. The van der Waals surface area contributed by atoms with Gasteiger partial charge in [-0.25, -0.2) is 0 Å². The molecule has 2 heterocycles. The number of ketones is 3.